The van der Waals surface area contributed by atoms with Gasteiger partial charge in [0.05, 0.1) is 9.50 Å². The first-order chi connectivity index (χ1) is 8.69. The van der Waals surface area contributed by atoms with Gasteiger partial charge in [-0.25, -0.2) is 15.0 Å². The number of nitrogens with one attached hydrogen (secondary N) is 1. The molecule has 0 saturated heterocycles. The van der Waals surface area contributed by atoms with Gasteiger partial charge < -0.3 is 5.32 Å². The highest BCUT2D eigenvalue weighted by atomic mass is 79.9. The first kappa shape index (κ1) is 13.6. The molecule has 0 aromatic carbocycles. The summed E-state index contributed by atoms with van der Waals surface area (Å²) in [6.45, 7) is 2.78. The van der Waals surface area contributed by atoms with Gasteiger partial charge in [0.1, 0.15) is 10.1 Å². The number of hydrogen-bond acceptors (Lipinski definition) is 5. The minimum atomic E-state index is 0.608. The molecule has 0 aliphatic heterocycles. The number of rotatable bonds is 4. The molecule has 94 valence electrons. The number of anilines is 1. The summed E-state index contributed by atoms with van der Waals surface area (Å²) in [7, 11) is 0. The van der Waals surface area contributed by atoms with Crippen LogP contribution in [-0.4, -0.2) is 21.5 Å². The van der Waals surface area contributed by atoms with Crippen molar-refractivity contribution in [2.75, 3.05) is 11.9 Å². The highest BCUT2D eigenvalue weighted by Crippen LogP contribution is 2.31. The molecule has 2 rings (SSSR count). The van der Waals surface area contributed by atoms with Crippen molar-refractivity contribution in [2.24, 2.45) is 0 Å². The Morgan fingerprint density at radius 3 is 2.83 bits per heavy atom. The summed E-state index contributed by atoms with van der Waals surface area (Å²) in [5.74, 6) is 0.608. The lowest BCUT2D eigenvalue weighted by Gasteiger charge is -2.06. The molecule has 0 saturated carbocycles. The molecule has 4 nitrogen and oxygen atoms in total. The van der Waals surface area contributed by atoms with E-state index in [9.17, 15) is 0 Å². The summed E-state index contributed by atoms with van der Waals surface area (Å²) in [6.07, 6.45) is 3.34. The highest BCUT2D eigenvalue weighted by Gasteiger charge is 2.07. The third kappa shape index (κ3) is 3.57. The minimum absolute atomic E-state index is 0.608. The van der Waals surface area contributed by atoms with E-state index in [1.807, 2.05) is 13.0 Å². The van der Waals surface area contributed by atoms with Crippen LogP contribution in [0.15, 0.2) is 39.1 Å². The van der Waals surface area contributed by atoms with Crippen LogP contribution in [0.3, 0.4) is 0 Å². The summed E-state index contributed by atoms with van der Waals surface area (Å²) in [4.78, 5) is 12.8. The summed E-state index contributed by atoms with van der Waals surface area (Å²) in [5.41, 5.74) is 0. The zero-order valence-corrected chi connectivity index (χ0v) is 12.7. The Balaban J connectivity index is 2.22. The van der Waals surface area contributed by atoms with Crippen molar-refractivity contribution in [3.8, 4) is 0 Å². The summed E-state index contributed by atoms with van der Waals surface area (Å²) in [6, 6.07) is 3.66. The molecule has 18 heavy (non-hydrogen) atoms. The lowest BCUT2D eigenvalue weighted by atomic mass is 10.5. The van der Waals surface area contributed by atoms with Gasteiger partial charge >= 0.3 is 0 Å². The van der Waals surface area contributed by atoms with Crippen LogP contribution in [0.5, 0.6) is 0 Å². The Labute approximate surface area is 123 Å². The first-order valence-corrected chi connectivity index (χ1v) is 7.23. The summed E-state index contributed by atoms with van der Waals surface area (Å²) in [5, 5.41) is 5.34. The molecular formula is C11H10BrClN4S. The van der Waals surface area contributed by atoms with E-state index in [0.29, 0.717) is 11.0 Å². The van der Waals surface area contributed by atoms with Crippen LogP contribution in [0.25, 0.3) is 0 Å². The maximum absolute atomic E-state index is 5.80. The largest absolute Gasteiger partial charge is 0.354 e. The van der Waals surface area contributed by atoms with E-state index in [1.54, 1.807) is 18.5 Å². The molecular weight excluding hydrogens is 336 g/mol. The predicted octanol–water partition coefficient (Wildman–Crippen LogP) is 3.87. The van der Waals surface area contributed by atoms with Crippen LogP contribution in [-0.2, 0) is 0 Å². The third-order valence-electron chi connectivity index (χ3n) is 1.95. The summed E-state index contributed by atoms with van der Waals surface area (Å²) >= 11 is 10.7. The maximum Gasteiger partial charge on any atom is 0.223 e. The van der Waals surface area contributed by atoms with Crippen molar-refractivity contribution in [2.45, 2.75) is 17.0 Å². The molecule has 0 aliphatic rings. The van der Waals surface area contributed by atoms with Gasteiger partial charge in [-0.2, -0.15) is 0 Å². The molecule has 1 N–H and O–H groups in total. The number of hydrogen-bond donors (Lipinski definition) is 1. The molecule has 0 aliphatic carbocycles. The van der Waals surface area contributed by atoms with E-state index in [4.69, 9.17) is 11.6 Å². The van der Waals surface area contributed by atoms with Crippen LogP contribution in [0.4, 0.5) is 5.95 Å². The van der Waals surface area contributed by atoms with Crippen molar-refractivity contribution < 1.29 is 0 Å². The molecule has 0 bridgehead atoms. The third-order valence-corrected chi connectivity index (χ3v) is 3.97. The van der Waals surface area contributed by atoms with E-state index in [0.717, 1.165) is 21.1 Å². The Bertz CT molecular complexity index is 535. The second-order valence-electron chi connectivity index (χ2n) is 3.29. The normalized spacial score (nSPS) is 10.4. The minimum Gasteiger partial charge on any atom is -0.354 e. The Morgan fingerprint density at radius 1 is 1.33 bits per heavy atom. The lowest BCUT2D eigenvalue weighted by molar-refractivity contribution is 0.994. The van der Waals surface area contributed by atoms with Crippen LogP contribution >= 0.6 is 39.3 Å². The van der Waals surface area contributed by atoms with Gasteiger partial charge in [0.15, 0.2) is 0 Å². The monoisotopic (exact) mass is 344 g/mol. The molecule has 0 radical (unpaired) electrons. The zero-order valence-electron chi connectivity index (χ0n) is 9.52. The molecule has 2 aromatic rings. The van der Waals surface area contributed by atoms with Gasteiger partial charge in [0, 0.05) is 18.9 Å². The van der Waals surface area contributed by atoms with Crippen LogP contribution in [0.2, 0.25) is 5.02 Å². The van der Waals surface area contributed by atoms with Crippen molar-refractivity contribution in [1.82, 2.24) is 15.0 Å². The topological polar surface area (TPSA) is 50.7 Å². The zero-order chi connectivity index (χ0) is 13.0. The molecule has 2 aromatic heterocycles. The van der Waals surface area contributed by atoms with Crippen molar-refractivity contribution in [3.63, 3.8) is 0 Å². The van der Waals surface area contributed by atoms with Gasteiger partial charge in [-0.1, -0.05) is 11.6 Å². The highest BCUT2D eigenvalue weighted by molar-refractivity contribution is 9.10. The molecule has 0 fully saturated rings. The number of aromatic nitrogens is 3. The average Bonchev–Trinajstić information content (AvgIpc) is 2.36. The quantitative estimate of drug-likeness (QED) is 0.852. The van der Waals surface area contributed by atoms with Gasteiger partial charge in [0.25, 0.3) is 0 Å². The lowest BCUT2D eigenvalue weighted by Crippen LogP contribution is -2.02. The van der Waals surface area contributed by atoms with Crippen molar-refractivity contribution >= 4 is 45.2 Å². The molecule has 7 heteroatoms. The fraction of sp³-hybridized carbons (Fsp3) is 0.182. The van der Waals surface area contributed by atoms with Crippen LogP contribution in [0.1, 0.15) is 6.92 Å². The maximum atomic E-state index is 5.80. The first-order valence-electron chi connectivity index (χ1n) is 5.25. The van der Waals surface area contributed by atoms with E-state index in [1.165, 1.54) is 11.8 Å². The molecule has 0 unspecified atom stereocenters. The van der Waals surface area contributed by atoms with Crippen LogP contribution in [0, 0.1) is 0 Å². The van der Waals surface area contributed by atoms with E-state index in [2.05, 4.69) is 36.2 Å². The second-order valence-corrected chi connectivity index (χ2v) is 5.59. The standard InChI is InChI=1S/C11H10BrClN4S/c1-2-14-11-16-6-8(12)10(17-11)18-9-4-3-7(13)5-15-9/h3-6H,2H2,1H3,(H,14,16,17). The Morgan fingerprint density at radius 2 is 2.17 bits per heavy atom. The molecule has 2 heterocycles. The fourth-order valence-electron chi connectivity index (χ4n) is 1.19. The summed E-state index contributed by atoms with van der Waals surface area (Å²) < 4.78 is 0.839. The van der Waals surface area contributed by atoms with E-state index < -0.39 is 0 Å². The Kier molecular flexibility index (Phi) is 4.79. The second kappa shape index (κ2) is 6.36. The number of halogens is 2. The van der Waals surface area contributed by atoms with Crippen LogP contribution < -0.4 is 5.32 Å². The van der Waals surface area contributed by atoms with Gasteiger partial charge in [-0.3, -0.25) is 0 Å². The van der Waals surface area contributed by atoms with Gasteiger partial charge in [-0.05, 0) is 46.7 Å². The molecule has 0 spiro atoms. The van der Waals surface area contributed by atoms with Gasteiger partial charge in [0.2, 0.25) is 5.95 Å². The average molecular weight is 346 g/mol. The van der Waals surface area contributed by atoms with E-state index in [-0.39, 0.29) is 0 Å². The molecule has 0 atom stereocenters. The van der Waals surface area contributed by atoms with Crippen molar-refractivity contribution in [3.05, 3.63) is 34.0 Å². The smallest absolute Gasteiger partial charge is 0.223 e. The number of pyridine rings is 1. The van der Waals surface area contributed by atoms with E-state index >= 15 is 0 Å². The predicted molar refractivity (Wildman–Crippen MR) is 77.3 cm³/mol. The van der Waals surface area contributed by atoms with Crippen molar-refractivity contribution in [1.29, 1.82) is 0 Å². The molecule has 0 amide bonds. The fourth-order valence-corrected chi connectivity index (χ4v) is 2.46. The SMILES string of the molecule is CCNc1ncc(Br)c(Sc2ccc(Cl)cn2)n1. The Hall–Kier alpha value is -0.850. The van der Waals surface area contributed by atoms with Gasteiger partial charge in [-0.15, -0.1) is 0 Å². The number of nitrogens with zero attached hydrogens (tertiary/aromatic N) is 3.